The first-order chi connectivity index (χ1) is 46.1. The zero-order valence-corrected chi connectivity index (χ0v) is 64.8. The van der Waals surface area contributed by atoms with E-state index in [1.807, 2.05) is 0 Å². The van der Waals surface area contributed by atoms with E-state index in [9.17, 15) is 43.2 Å². The third-order valence-electron chi connectivity index (χ3n) is 18.2. The highest BCUT2D eigenvalue weighted by Crippen LogP contribution is 2.45. The number of aliphatic hydroxyl groups excluding tert-OH is 1. The smallest absolute Gasteiger partial charge is 0.462 e. The van der Waals surface area contributed by atoms with Crippen molar-refractivity contribution >= 4 is 39.5 Å². The SMILES string of the molecule is CCC(C)CCCCCCCCCCCCCCCCCCCCC(=O)OC[C@H](COP(=O)(O)OC[C@@H](O)COP(=O)(O)OC[C@@H](COC(=O)CCCCCCCCC(C)C)OC(=O)CCCCCCCCCCCCC(C)C)OC(=O)CCCCCCCCCCCC(C)C. The van der Waals surface area contributed by atoms with Gasteiger partial charge in [0.1, 0.15) is 19.3 Å². The summed E-state index contributed by atoms with van der Waals surface area (Å²) < 4.78 is 68.5. The van der Waals surface area contributed by atoms with Gasteiger partial charge in [0.25, 0.3) is 0 Å². The summed E-state index contributed by atoms with van der Waals surface area (Å²) in [6.07, 6.45) is 51.6. The molecule has 0 aliphatic carbocycles. The van der Waals surface area contributed by atoms with Gasteiger partial charge in [0.2, 0.25) is 0 Å². The zero-order valence-electron chi connectivity index (χ0n) is 63.0. The van der Waals surface area contributed by atoms with Gasteiger partial charge in [-0.1, -0.05) is 338 Å². The first-order valence-corrected chi connectivity index (χ1v) is 42.7. The molecule has 0 aromatic carbocycles. The standard InChI is InChI=1S/C77H150O17P2/c1-9-70(8)56-48-40-31-25-18-16-14-12-10-11-13-15-17-19-26-32-41-49-57-74(79)87-63-72(93-77(82)60-52-44-34-28-22-24-30-38-46-54-68(4)5)65-91-95(83,84)89-61-71(78)62-90-96(85,86)92-66-73(64-88-75(80)58-50-42-36-35-39-47-55-69(6)7)94-76(81)59-51-43-33-27-21-20-23-29-37-45-53-67(2)3/h67-73,78H,9-66H2,1-8H3,(H,83,84)(H,85,86)/t70?,71-,72-,73-/m1/s1. The van der Waals surface area contributed by atoms with Gasteiger partial charge in [-0.05, 0) is 49.4 Å². The van der Waals surface area contributed by atoms with Crippen LogP contribution in [-0.4, -0.2) is 96.7 Å². The third kappa shape index (κ3) is 69.2. The molecule has 0 fully saturated rings. The topological polar surface area (TPSA) is 237 Å². The van der Waals surface area contributed by atoms with E-state index in [4.69, 9.17) is 37.0 Å². The molecule has 0 rings (SSSR count). The lowest BCUT2D eigenvalue weighted by atomic mass is 9.99. The zero-order chi connectivity index (χ0) is 71.0. The Morgan fingerprint density at radius 3 is 0.740 bits per heavy atom. The van der Waals surface area contributed by atoms with Gasteiger partial charge in [-0.25, -0.2) is 9.13 Å². The molecule has 0 amide bonds. The van der Waals surface area contributed by atoms with Crippen molar-refractivity contribution in [1.29, 1.82) is 0 Å². The van der Waals surface area contributed by atoms with Gasteiger partial charge in [0.05, 0.1) is 26.4 Å². The normalized spacial score (nSPS) is 14.4. The molecule has 96 heavy (non-hydrogen) atoms. The molecule has 0 bridgehead atoms. The molecule has 0 aromatic heterocycles. The van der Waals surface area contributed by atoms with Crippen LogP contribution in [0.25, 0.3) is 0 Å². The summed E-state index contributed by atoms with van der Waals surface area (Å²) in [6.45, 7) is 14.2. The quantitative estimate of drug-likeness (QED) is 0.0222. The van der Waals surface area contributed by atoms with E-state index in [-0.39, 0.29) is 25.7 Å². The summed E-state index contributed by atoms with van der Waals surface area (Å²) in [5.41, 5.74) is 0. The second-order valence-electron chi connectivity index (χ2n) is 29.4. The van der Waals surface area contributed by atoms with Crippen LogP contribution in [0.1, 0.15) is 389 Å². The largest absolute Gasteiger partial charge is 0.472 e. The Morgan fingerprint density at radius 1 is 0.292 bits per heavy atom. The number of hydrogen-bond donors (Lipinski definition) is 3. The van der Waals surface area contributed by atoms with Crippen molar-refractivity contribution in [3.05, 3.63) is 0 Å². The minimum Gasteiger partial charge on any atom is -0.462 e. The van der Waals surface area contributed by atoms with E-state index in [0.717, 1.165) is 114 Å². The predicted octanol–water partition coefficient (Wildman–Crippen LogP) is 22.4. The first kappa shape index (κ1) is 94.1. The van der Waals surface area contributed by atoms with E-state index < -0.39 is 97.5 Å². The molecule has 0 spiro atoms. The number of ether oxygens (including phenoxy) is 4. The average molecular weight is 1410 g/mol. The van der Waals surface area contributed by atoms with Crippen LogP contribution in [0.2, 0.25) is 0 Å². The Labute approximate surface area is 588 Å². The molecule has 6 atom stereocenters. The monoisotopic (exact) mass is 1410 g/mol. The maximum Gasteiger partial charge on any atom is 0.472 e. The molecule has 17 nitrogen and oxygen atoms in total. The van der Waals surface area contributed by atoms with E-state index in [1.54, 1.807) is 0 Å². The Kier molecular flexibility index (Phi) is 65.0. The number of unbranched alkanes of at least 4 members (excludes halogenated alkanes) is 39. The van der Waals surface area contributed by atoms with Gasteiger partial charge >= 0.3 is 39.5 Å². The van der Waals surface area contributed by atoms with Gasteiger partial charge in [-0.3, -0.25) is 37.3 Å². The van der Waals surface area contributed by atoms with E-state index in [0.29, 0.717) is 31.6 Å². The number of phosphoric ester groups is 2. The highest BCUT2D eigenvalue weighted by molar-refractivity contribution is 7.47. The number of hydrogen-bond acceptors (Lipinski definition) is 15. The van der Waals surface area contributed by atoms with Crippen LogP contribution in [0.4, 0.5) is 0 Å². The second kappa shape index (κ2) is 66.3. The molecule has 0 aliphatic heterocycles. The Morgan fingerprint density at radius 2 is 0.500 bits per heavy atom. The molecule has 3 N–H and O–H groups in total. The lowest BCUT2D eigenvalue weighted by Crippen LogP contribution is -2.30. The van der Waals surface area contributed by atoms with Gasteiger partial charge in [0, 0.05) is 25.7 Å². The third-order valence-corrected chi connectivity index (χ3v) is 20.1. The van der Waals surface area contributed by atoms with Crippen molar-refractivity contribution in [1.82, 2.24) is 0 Å². The highest BCUT2D eigenvalue weighted by atomic mass is 31.2. The van der Waals surface area contributed by atoms with Gasteiger partial charge in [-0.2, -0.15) is 0 Å². The molecule has 0 saturated carbocycles. The van der Waals surface area contributed by atoms with Crippen molar-refractivity contribution in [2.45, 2.75) is 408 Å². The molecular weight excluding hydrogens is 1260 g/mol. The molecule has 0 heterocycles. The average Bonchev–Trinajstić information content (AvgIpc) is 1.09. The minimum atomic E-state index is -4.96. The molecule has 0 aromatic rings. The fourth-order valence-corrected chi connectivity index (χ4v) is 13.3. The molecule has 0 aliphatic rings. The van der Waals surface area contributed by atoms with Crippen LogP contribution in [-0.2, 0) is 65.4 Å². The number of aliphatic hydroxyl groups is 1. The van der Waals surface area contributed by atoms with E-state index in [2.05, 4.69) is 55.4 Å². The van der Waals surface area contributed by atoms with Gasteiger partial charge in [-0.15, -0.1) is 0 Å². The molecule has 0 radical (unpaired) electrons. The fourth-order valence-electron chi connectivity index (χ4n) is 11.7. The van der Waals surface area contributed by atoms with Crippen LogP contribution >= 0.6 is 15.6 Å². The molecular formula is C77H150O17P2. The molecule has 570 valence electrons. The molecule has 0 saturated heterocycles. The number of rotatable bonds is 74. The lowest BCUT2D eigenvalue weighted by molar-refractivity contribution is -0.161. The maximum absolute atomic E-state index is 13.1. The highest BCUT2D eigenvalue weighted by Gasteiger charge is 2.30. The van der Waals surface area contributed by atoms with Crippen molar-refractivity contribution in [3.8, 4) is 0 Å². The van der Waals surface area contributed by atoms with Crippen LogP contribution < -0.4 is 0 Å². The summed E-state index contributed by atoms with van der Waals surface area (Å²) in [5, 5.41) is 10.6. The minimum absolute atomic E-state index is 0.104. The van der Waals surface area contributed by atoms with Gasteiger partial charge < -0.3 is 33.8 Å². The predicted molar refractivity (Wildman–Crippen MR) is 391 cm³/mol. The lowest BCUT2D eigenvalue weighted by Gasteiger charge is -2.21. The molecule has 3 unspecified atom stereocenters. The summed E-state index contributed by atoms with van der Waals surface area (Å²) in [5.74, 6) is 0.918. The maximum atomic E-state index is 13.1. The summed E-state index contributed by atoms with van der Waals surface area (Å²) in [4.78, 5) is 72.7. The number of phosphoric acid groups is 2. The van der Waals surface area contributed by atoms with Crippen molar-refractivity contribution < 1.29 is 80.2 Å². The van der Waals surface area contributed by atoms with E-state index in [1.165, 1.54) is 186 Å². The molecule has 19 heteroatoms. The van der Waals surface area contributed by atoms with E-state index >= 15 is 0 Å². The van der Waals surface area contributed by atoms with Crippen LogP contribution in [0, 0.1) is 23.7 Å². The Balaban J connectivity index is 5.15. The van der Waals surface area contributed by atoms with Crippen molar-refractivity contribution in [2.24, 2.45) is 23.7 Å². The first-order valence-electron chi connectivity index (χ1n) is 39.7. The number of carbonyl (C=O) groups excluding carboxylic acids is 4. The van der Waals surface area contributed by atoms with Crippen molar-refractivity contribution in [3.63, 3.8) is 0 Å². The second-order valence-corrected chi connectivity index (χ2v) is 32.3. The van der Waals surface area contributed by atoms with Gasteiger partial charge in [0.15, 0.2) is 12.2 Å². The van der Waals surface area contributed by atoms with Crippen LogP contribution in [0.3, 0.4) is 0 Å². The summed E-state index contributed by atoms with van der Waals surface area (Å²) in [6, 6.07) is 0. The summed E-state index contributed by atoms with van der Waals surface area (Å²) >= 11 is 0. The Bertz CT molecular complexity index is 1890. The van der Waals surface area contributed by atoms with Crippen LogP contribution in [0.15, 0.2) is 0 Å². The fraction of sp³-hybridized carbons (Fsp3) is 0.948. The van der Waals surface area contributed by atoms with Crippen LogP contribution in [0.5, 0.6) is 0 Å². The Hall–Kier alpha value is -1.94. The number of carbonyl (C=O) groups is 4. The number of esters is 4. The summed E-state index contributed by atoms with van der Waals surface area (Å²) in [7, 11) is -9.91. The van der Waals surface area contributed by atoms with Crippen molar-refractivity contribution in [2.75, 3.05) is 39.6 Å².